The maximum Gasteiger partial charge on any atom is 0.243 e. The number of carbonyl (C=O) groups is 3. The zero-order chi connectivity index (χ0) is 19.9. The number of nitrogens with zero attached hydrogens (tertiary/aromatic N) is 2. The molecule has 0 aliphatic carbocycles. The van der Waals surface area contributed by atoms with E-state index in [1.165, 1.54) is 38.2 Å². The first-order valence-corrected chi connectivity index (χ1v) is 9.69. The molecule has 0 aliphatic rings. The van der Waals surface area contributed by atoms with Crippen molar-refractivity contribution in [3.63, 3.8) is 0 Å². The molecule has 1 aromatic rings. The molecule has 0 atom stereocenters. The number of rotatable bonds is 9. The Bertz CT molecular complexity index is 755. The third-order valence-corrected chi connectivity index (χ3v) is 5.71. The van der Waals surface area contributed by atoms with Gasteiger partial charge >= 0.3 is 0 Å². The summed E-state index contributed by atoms with van der Waals surface area (Å²) in [5.74, 6) is -0.967. The second kappa shape index (κ2) is 9.44. The maximum absolute atomic E-state index is 12.5. The first kappa shape index (κ1) is 21.8. The van der Waals surface area contributed by atoms with Crippen molar-refractivity contribution in [3.05, 3.63) is 29.8 Å². The number of carbonyl (C=O) groups excluding carboxylic acids is 3. The monoisotopic (exact) mass is 383 g/mol. The summed E-state index contributed by atoms with van der Waals surface area (Å²) in [6.07, 6.45) is 0. The minimum atomic E-state index is -3.87. The molecule has 1 aromatic carbocycles. The highest BCUT2D eigenvalue weighted by Gasteiger charge is 2.23. The molecule has 1 N–H and O–H groups in total. The topological polar surface area (TPSA) is 104 Å². The molecule has 8 nitrogen and oxygen atoms in total. The van der Waals surface area contributed by atoms with Crippen LogP contribution in [0.3, 0.4) is 0 Å². The Hall–Kier alpha value is -2.26. The molecule has 0 spiro atoms. The van der Waals surface area contributed by atoms with Crippen LogP contribution in [-0.4, -0.2) is 68.4 Å². The van der Waals surface area contributed by atoms with Gasteiger partial charge in [-0.3, -0.25) is 14.4 Å². The second-order valence-corrected chi connectivity index (χ2v) is 7.73. The smallest absolute Gasteiger partial charge is 0.243 e. The van der Waals surface area contributed by atoms with Crippen LogP contribution in [0.1, 0.15) is 31.1 Å². The lowest BCUT2D eigenvalue weighted by Gasteiger charge is -2.20. The molecular formula is C17H25N3O5S. The molecule has 0 bridgehead atoms. The number of hydrogen-bond acceptors (Lipinski definition) is 5. The number of ketones is 1. The molecule has 0 fully saturated rings. The fourth-order valence-electron chi connectivity index (χ4n) is 2.25. The van der Waals surface area contributed by atoms with Crippen LogP contribution < -0.4 is 5.32 Å². The van der Waals surface area contributed by atoms with Crippen molar-refractivity contribution >= 4 is 27.6 Å². The highest BCUT2D eigenvalue weighted by molar-refractivity contribution is 7.89. The Morgan fingerprint density at radius 3 is 2.04 bits per heavy atom. The lowest BCUT2D eigenvalue weighted by atomic mass is 10.2. The van der Waals surface area contributed by atoms with Crippen LogP contribution >= 0.6 is 0 Å². The van der Waals surface area contributed by atoms with E-state index in [-0.39, 0.29) is 23.1 Å². The summed E-state index contributed by atoms with van der Waals surface area (Å²) < 4.78 is 25.8. The number of nitrogens with one attached hydrogen (secondary N) is 1. The molecule has 0 saturated carbocycles. The molecule has 0 aromatic heterocycles. The van der Waals surface area contributed by atoms with Gasteiger partial charge in [0.2, 0.25) is 21.8 Å². The average molecular weight is 383 g/mol. The maximum atomic E-state index is 12.5. The molecule has 2 amide bonds. The third-order valence-electron chi connectivity index (χ3n) is 3.89. The van der Waals surface area contributed by atoms with Crippen molar-refractivity contribution in [2.45, 2.75) is 25.7 Å². The van der Waals surface area contributed by atoms with Gasteiger partial charge < -0.3 is 10.2 Å². The highest BCUT2D eigenvalue weighted by atomic mass is 32.2. The van der Waals surface area contributed by atoms with Gasteiger partial charge in [0.25, 0.3) is 0 Å². The van der Waals surface area contributed by atoms with Crippen molar-refractivity contribution < 1.29 is 22.8 Å². The predicted octanol–water partition coefficient (Wildman–Crippen LogP) is 0.494. The van der Waals surface area contributed by atoms with Crippen LogP contribution in [0.4, 0.5) is 0 Å². The van der Waals surface area contributed by atoms with Gasteiger partial charge in [0.15, 0.2) is 5.78 Å². The minimum absolute atomic E-state index is 0.0167. The number of benzene rings is 1. The highest BCUT2D eigenvalue weighted by Crippen LogP contribution is 2.15. The van der Waals surface area contributed by atoms with Gasteiger partial charge in [-0.05, 0) is 32.9 Å². The quantitative estimate of drug-likeness (QED) is 0.625. The number of amides is 2. The van der Waals surface area contributed by atoms with Crippen LogP contribution in [0.25, 0.3) is 0 Å². The number of likely N-dealkylation sites (N-methyl/N-ethyl adjacent to an activating group) is 2. The third kappa shape index (κ3) is 5.63. The normalized spacial score (nSPS) is 11.3. The average Bonchev–Trinajstić information content (AvgIpc) is 2.60. The van der Waals surface area contributed by atoms with Crippen LogP contribution in [0.15, 0.2) is 29.2 Å². The number of sulfonamides is 1. The van der Waals surface area contributed by atoms with Gasteiger partial charge in [-0.15, -0.1) is 0 Å². The summed E-state index contributed by atoms with van der Waals surface area (Å²) in [5.41, 5.74) is 0.402. The van der Waals surface area contributed by atoms with Crippen LogP contribution in [0, 0.1) is 0 Å². The Balaban J connectivity index is 2.70. The summed E-state index contributed by atoms with van der Waals surface area (Å²) in [7, 11) is -2.60. The van der Waals surface area contributed by atoms with Crippen molar-refractivity contribution in [2.24, 2.45) is 0 Å². The van der Waals surface area contributed by atoms with E-state index in [0.717, 1.165) is 4.31 Å². The Kier molecular flexibility index (Phi) is 7.91. The van der Waals surface area contributed by atoms with Crippen molar-refractivity contribution in [2.75, 3.05) is 33.2 Å². The van der Waals surface area contributed by atoms with Gasteiger partial charge in [0.05, 0.1) is 18.0 Å². The molecule has 9 heteroatoms. The fraction of sp³-hybridized carbons (Fsp3) is 0.471. The standard InChI is InChI=1S/C17H25N3O5S/c1-5-20(6-2)17(23)11-18-16(22)12-19(4)26(24,25)15-9-7-14(8-10-15)13(3)21/h7-10H,5-6,11-12H2,1-4H3,(H,18,22). The summed E-state index contributed by atoms with van der Waals surface area (Å²) in [6, 6.07) is 5.49. The van der Waals surface area contributed by atoms with Crippen LogP contribution in [0.2, 0.25) is 0 Å². The molecule has 0 unspecified atom stereocenters. The van der Waals surface area contributed by atoms with E-state index in [1.807, 2.05) is 13.8 Å². The van der Waals surface area contributed by atoms with Crippen molar-refractivity contribution in [3.8, 4) is 0 Å². The molecule has 0 aliphatic heterocycles. The van der Waals surface area contributed by atoms with Crippen molar-refractivity contribution in [1.82, 2.24) is 14.5 Å². The van der Waals surface area contributed by atoms with Crippen LogP contribution in [0.5, 0.6) is 0 Å². The summed E-state index contributed by atoms with van der Waals surface area (Å²) >= 11 is 0. The zero-order valence-electron chi connectivity index (χ0n) is 15.5. The predicted molar refractivity (Wildman–Crippen MR) is 97.2 cm³/mol. The Morgan fingerprint density at radius 1 is 1.04 bits per heavy atom. The second-order valence-electron chi connectivity index (χ2n) is 5.68. The van der Waals surface area contributed by atoms with E-state index in [1.54, 1.807) is 4.90 Å². The molecule has 144 valence electrons. The van der Waals surface area contributed by atoms with Gasteiger partial charge in [-0.25, -0.2) is 8.42 Å². The number of hydrogen-bond donors (Lipinski definition) is 1. The number of Topliss-reactive ketones (excluding diaryl/α,β-unsaturated/α-hetero) is 1. The molecule has 1 rings (SSSR count). The summed E-state index contributed by atoms with van der Waals surface area (Å²) in [5, 5.41) is 2.43. The molecular weight excluding hydrogens is 358 g/mol. The lowest BCUT2D eigenvalue weighted by Crippen LogP contribution is -2.43. The van der Waals surface area contributed by atoms with E-state index < -0.39 is 22.5 Å². The Morgan fingerprint density at radius 2 is 1.58 bits per heavy atom. The van der Waals surface area contributed by atoms with E-state index in [0.29, 0.717) is 18.7 Å². The van der Waals surface area contributed by atoms with E-state index in [9.17, 15) is 22.8 Å². The first-order valence-electron chi connectivity index (χ1n) is 8.25. The van der Waals surface area contributed by atoms with E-state index >= 15 is 0 Å². The van der Waals surface area contributed by atoms with Crippen LogP contribution in [-0.2, 0) is 19.6 Å². The van der Waals surface area contributed by atoms with E-state index in [2.05, 4.69) is 5.32 Å². The first-order chi connectivity index (χ1) is 12.1. The molecule has 26 heavy (non-hydrogen) atoms. The van der Waals surface area contributed by atoms with E-state index in [4.69, 9.17) is 0 Å². The Labute approximate surface area is 154 Å². The lowest BCUT2D eigenvalue weighted by molar-refractivity contribution is -0.132. The molecule has 0 saturated heterocycles. The zero-order valence-corrected chi connectivity index (χ0v) is 16.3. The fourth-order valence-corrected chi connectivity index (χ4v) is 3.37. The van der Waals surface area contributed by atoms with Gasteiger partial charge in [-0.2, -0.15) is 4.31 Å². The summed E-state index contributed by atoms with van der Waals surface area (Å²) in [4.78, 5) is 36.6. The molecule has 0 radical (unpaired) electrons. The SMILES string of the molecule is CCN(CC)C(=O)CNC(=O)CN(C)S(=O)(=O)c1ccc(C(C)=O)cc1. The largest absolute Gasteiger partial charge is 0.346 e. The minimum Gasteiger partial charge on any atom is -0.346 e. The summed E-state index contributed by atoms with van der Waals surface area (Å²) in [6.45, 7) is 5.54. The van der Waals surface area contributed by atoms with Gasteiger partial charge in [0.1, 0.15) is 0 Å². The van der Waals surface area contributed by atoms with Crippen molar-refractivity contribution in [1.29, 1.82) is 0 Å². The van der Waals surface area contributed by atoms with Gasteiger partial charge in [0, 0.05) is 25.7 Å². The molecule has 0 heterocycles. The van der Waals surface area contributed by atoms with Gasteiger partial charge in [-0.1, -0.05) is 12.1 Å².